The number of hydrogen-bond acceptors (Lipinski definition) is 3. The molecule has 124 valence electrons. The van der Waals surface area contributed by atoms with Crippen LogP contribution in [0.15, 0.2) is 48.5 Å². The Hall–Kier alpha value is -2.95. The van der Waals surface area contributed by atoms with Crippen molar-refractivity contribution in [3.8, 4) is 0 Å². The number of halogens is 1. The molecule has 0 saturated carbocycles. The van der Waals surface area contributed by atoms with E-state index >= 15 is 0 Å². The van der Waals surface area contributed by atoms with Gasteiger partial charge in [0.1, 0.15) is 5.82 Å². The van der Waals surface area contributed by atoms with E-state index in [1.807, 2.05) is 26.0 Å². The normalized spacial score (nSPS) is 10.6. The van der Waals surface area contributed by atoms with Gasteiger partial charge in [0.25, 0.3) is 5.91 Å². The maximum atomic E-state index is 13.4. The summed E-state index contributed by atoms with van der Waals surface area (Å²) in [4.78, 5) is 23.4. The largest absolute Gasteiger partial charge is 0.452 e. The zero-order valence-corrected chi connectivity index (χ0v) is 13.5. The van der Waals surface area contributed by atoms with Gasteiger partial charge in [0, 0.05) is 17.3 Å². The fourth-order valence-corrected chi connectivity index (χ4v) is 2.03. The Kier molecular flexibility index (Phi) is 5.84. The van der Waals surface area contributed by atoms with Crippen molar-refractivity contribution >= 4 is 23.6 Å². The second-order valence-corrected chi connectivity index (χ2v) is 5.26. The summed E-state index contributed by atoms with van der Waals surface area (Å²) in [5, 5.41) is 2.69. The van der Waals surface area contributed by atoms with Gasteiger partial charge < -0.3 is 10.1 Å². The molecule has 0 fully saturated rings. The summed E-state index contributed by atoms with van der Waals surface area (Å²) in [6.07, 6.45) is 2.39. The van der Waals surface area contributed by atoms with Crippen LogP contribution in [0.25, 0.3) is 6.08 Å². The van der Waals surface area contributed by atoms with E-state index in [4.69, 9.17) is 4.74 Å². The van der Waals surface area contributed by atoms with Gasteiger partial charge in [-0.1, -0.05) is 30.3 Å². The van der Waals surface area contributed by atoms with E-state index in [1.54, 1.807) is 18.2 Å². The number of rotatable bonds is 5. The van der Waals surface area contributed by atoms with Crippen molar-refractivity contribution in [1.29, 1.82) is 0 Å². The van der Waals surface area contributed by atoms with E-state index in [-0.39, 0.29) is 5.56 Å². The number of amides is 1. The molecule has 5 heteroatoms. The smallest absolute Gasteiger partial charge is 0.331 e. The number of aryl methyl sites for hydroxylation is 1. The number of carbonyl (C=O) groups excluding carboxylic acids is 2. The van der Waals surface area contributed by atoms with Crippen LogP contribution in [0.1, 0.15) is 16.7 Å². The minimum atomic E-state index is -0.714. The van der Waals surface area contributed by atoms with Gasteiger partial charge >= 0.3 is 5.97 Å². The van der Waals surface area contributed by atoms with Crippen LogP contribution < -0.4 is 5.32 Å². The van der Waals surface area contributed by atoms with Gasteiger partial charge in [0.2, 0.25) is 0 Å². The number of esters is 1. The lowest BCUT2D eigenvalue weighted by Gasteiger charge is -2.10. The monoisotopic (exact) mass is 327 g/mol. The Bertz CT molecular complexity index is 784. The van der Waals surface area contributed by atoms with Crippen molar-refractivity contribution in [2.45, 2.75) is 13.8 Å². The summed E-state index contributed by atoms with van der Waals surface area (Å²) >= 11 is 0. The molecule has 2 rings (SSSR count). The van der Waals surface area contributed by atoms with E-state index in [9.17, 15) is 14.0 Å². The maximum absolute atomic E-state index is 13.4. The van der Waals surface area contributed by atoms with E-state index < -0.39 is 24.3 Å². The second-order valence-electron chi connectivity index (χ2n) is 5.26. The van der Waals surface area contributed by atoms with Crippen LogP contribution in [0, 0.1) is 19.7 Å². The van der Waals surface area contributed by atoms with E-state index in [0.29, 0.717) is 5.69 Å². The molecule has 0 aromatic heterocycles. The van der Waals surface area contributed by atoms with Gasteiger partial charge in [-0.05, 0) is 43.2 Å². The highest BCUT2D eigenvalue weighted by atomic mass is 19.1. The fourth-order valence-electron chi connectivity index (χ4n) is 2.03. The third kappa shape index (κ3) is 4.78. The highest BCUT2D eigenvalue weighted by molar-refractivity contribution is 5.95. The zero-order valence-electron chi connectivity index (χ0n) is 13.5. The van der Waals surface area contributed by atoms with Gasteiger partial charge in [-0.25, -0.2) is 9.18 Å². The SMILES string of the molecule is Cc1cccc(NC(=O)COC(=O)C=Cc2ccccc2F)c1C. The lowest BCUT2D eigenvalue weighted by atomic mass is 10.1. The number of carbonyl (C=O) groups is 2. The molecule has 0 saturated heterocycles. The summed E-state index contributed by atoms with van der Waals surface area (Å²) in [5.74, 6) is -1.58. The molecule has 0 bridgehead atoms. The van der Waals surface area contributed by atoms with E-state index in [2.05, 4.69) is 5.32 Å². The van der Waals surface area contributed by atoms with Crippen molar-refractivity contribution in [3.63, 3.8) is 0 Å². The van der Waals surface area contributed by atoms with Crippen LogP contribution in [0.2, 0.25) is 0 Å². The quantitative estimate of drug-likeness (QED) is 0.674. The average Bonchev–Trinajstić information content (AvgIpc) is 2.56. The van der Waals surface area contributed by atoms with E-state index in [1.165, 1.54) is 18.2 Å². The second kappa shape index (κ2) is 8.06. The molecule has 0 heterocycles. The molecule has 0 aliphatic rings. The first-order chi connectivity index (χ1) is 11.5. The maximum Gasteiger partial charge on any atom is 0.331 e. The fraction of sp³-hybridized carbons (Fsp3) is 0.158. The van der Waals surface area contributed by atoms with Gasteiger partial charge in [-0.3, -0.25) is 4.79 Å². The van der Waals surface area contributed by atoms with Crippen LogP contribution in [0.3, 0.4) is 0 Å². The molecule has 0 aliphatic carbocycles. The van der Waals surface area contributed by atoms with Crippen molar-refractivity contribution in [3.05, 3.63) is 71.0 Å². The molecule has 2 aromatic carbocycles. The van der Waals surface area contributed by atoms with Crippen LogP contribution in [0.5, 0.6) is 0 Å². The summed E-state index contributed by atoms with van der Waals surface area (Å²) in [7, 11) is 0. The van der Waals surface area contributed by atoms with Crippen LogP contribution in [-0.4, -0.2) is 18.5 Å². The molecule has 0 aliphatic heterocycles. The highest BCUT2D eigenvalue weighted by Crippen LogP contribution is 2.17. The van der Waals surface area contributed by atoms with Gasteiger partial charge in [-0.2, -0.15) is 0 Å². The molecular weight excluding hydrogens is 309 g/mol. The molecule has 0 radical (unpaired) electrons. The highest BCUT2D eigenvalue weighted by Gasteiger charge is 2.08. The van der Waals surface area contributed by atoms with Crippen molar-refractivity contribution < 1.29 is 18.7 Å². The first-order valence-corrected chi connectivity index (χ1v) is 7.43. The molecule has 1 N–H and O–H groups in total. The lowest BCUT2D eigenvalue weighted by Crippen LogP contribution is -2.20. The summed E-state index contributed by atoms with van der Waals surface area (Å²) < 4.78 is 18.2. The molecule has 0 unspecified atom stereocenters. The molecule has 1 amide bonds. The number of nitrogens with one attached hydrogen (secondary N) is 1. The summed E-state index contributed by atoms with van der Waals surface area (Å²) in [5.41, 5.74) is 2.96. The average molecular weight is 327 g/mol. The predicted molar refractivity (Wildman–Crippen MR) is 90.9 cm³/mol. The third-order valence-electron chi connectivity index (χ3n) is 3.53. The minimum absolute atomic E-state index is 0.272. The number of benzene rings is 2. The zero-order chi connectivity index (χ0) is 17.5. The Morgan fingerprint density at radius 2 is 1.88 bits per heavy atom. The van der Waals surface area contributed by atoms with E-state index in [0.717, 1.165) is 17.2 Å². The first-order valence-electron chi connectivity index (χ1n) is 7.43. The minimum Gasteiger partial charge on any atom is -0.452 e. The van der Waals surface area contributed by atoms with Crippen molar-refractivity contribution in [2.75, 3.05) is 11.9 Å². The summed E-state index contributed by atoms with van der Waals surface area (Å²) in [6, 6.07) is 11.6. The third-order valence-corrected chi connectivity index (χ3v) is 3.53. The van der Waals surface area contributed by atoms with Crippen LogP contribution >= 0.6 is 0 Å². The molecule has 0 spiro atoms. The van der Waals surface area contributed by atoms with Crippen molar-refractivity contribution in [2.24, 2.45) is 0 Å². The molecule has 2 aromatic rings. The van der Waals surface area contributed by atoms with Crippen LogP contribution in [0.4, 0.5) is 10.1 Å². The Morgan fingerprint density at radius 1 is 1.12 bits per heavy atom. The number of ether oxygens (including phenoxy) is 1. The molecule has 4 nitrogen and oxygen atoms in total. The molecule has 0 atom stereocenters. The first kappa shape index (κ1) is 17.4. The molecular formula is C19H18FNO3. The van der Waals surface area contributed by atoms with Crippen LogP contribution in [-0.2, 0) is 14.3 Å². The van der Waals surface area contributed by atoms with Crippen molar-refractivity contribution in [1.82, 2.24) is 0 Å². The predicted octanol–water partition coefficient (Wildman–Crippen LogP) is 3.64. The van der Waals surface area contributed by atoms with Gasteiger partial charge in [0.05, 0.1) is 0 Å². The summed E-state index contributed by atoms with van der Waals surface area (Å²) in [6.45, 7) is 3.43. The Labute approximate surface area is 140 Å². The van der Waals surface area contributed by atoms with Gasteiger partial charge in [-0.15, -0.1) is 0 Å². The van der Waals surface area contributed by atoms with Gasteiger partial charge in [0.15, 0.2) is 6.61 Å². The number of anilines is 1. The number of hydrogen-bond donors (Lipinski definition) is 1. The Balaban J connectivity index is 1.86. The standard InChI is InChI=1S/C19H18FNO3/c1-13-6-5-9-17(14(13)2)21-18(22)12-24-19(23)11-10-15-7-3-4-8-16(15)20/h3-11H,12H2,1-2H3,(H,21,22). The topological polar surface area (TPSA) is 55.4 Å². The lowest BCUT2D eigenvalue weighted by molar-refractivity contribution is -0.142. The Morgan fingerprint density at radius 3 is 2.62 bits per heavy atom. The molecule has 24 heavy (non-hydrogen) atoms.